The molecule has 5 unspecified atom stereocenters. The lowest BCUT2D eigenvalue weighted by Crippen LogP contribution is -2.54. The van der Waals surface area contributed by atoms with Gasteiger partial charge in [0.05, 0.1) is 17.5 Å². The Balaban J connectivity index is 1.11. The van der Waals surface area contributed by atoms with Crippen molar-refractivity contribution in [3.8, 4) is 0 Å². The van der Waals surface area contributed by atoms with Crippen LogP contribution in [-0.2, 0) is 19.6 Å². The predicted octanol–water partition coefficient (Wildman–Crippen LogP) is 5.04. The number of sulfonamides is 1. The van der Waals surface area contributed by atoms with Gasteiger partial charge in [-0.15, -0.1) is 0 Å². The van der Waals surface area contributed by atoms with Crippen LogP contribution < -0.4 is 10.0 Å². The van der Waals surface area contributed by atoms with Gasteiger partial charge >= 0.3 is 0 Å². The quantitative estimate of drug-likeness (QED) is 0.404. The molecule has 0 saturated heterocycles. The van der Waals surface area contributed by atoms with Gasteiger partial charge in [-0.1, -0.05) is 39.0 Å². The van der Waals surface area contributed by atoms with Crippen LogP contribution in [0.4, 0.5) is 0 Å². The largest absolute Gasteiger partial charge is 0.393 e. The third-order valence-electron chi connectivity index (χ3n) is 12.0. The Morgan fingerprint density at radius 3 is 2.40 bits per heavy atom. The molecular formula is C32H48N2O5S. The second-order valence-electron chi connectivity index (χ2n) is 13.9. The molecule has 7 nitrogen and oxygen atoms in total. The number of hydrogen-bond donors (Lipinski definition) is 3. The molecule has 4 aliphatic carbocycles. The molecule has 0 aromatic heterocycles. The minimum atomic E-state index is -3.95. The number of aliphatic hydroxyl groups is 1. The van der Waals surface area contributed by atoms with Crippen molar-refractivity contribution in [1.82, 2.24) is 10.0 Å². The fourth-order valence-electron chi connectivity index (χ4n) is 9.88. The summed E-state index contributed by atoms with van der Waals surface area (Å²) in [5.41, 5.74) is 0.706. The van der Waals surface area contributed by atoms with E-state index in [-0.39, 0.29) is 23.5 Å². The predicted molar refractivity (Wildman–Crippen MR) is 154 cm³/mol. The van der Waals surface area contributed by atoms with Gasteiger partial charge in [0.1, 0.15) is 0 Å². The highest BCUT2D eigenvalue weighted by molar-refractivity contribution is 7.90. The summed E-state index contributed by atoms with van der Waals surface area (Å²) < 4.78 is 26.7. The molecule has 2 amide bonds. The summed E-state index contributed by atoms with van der Waals surface area (Å²) in [5.74, 6) is 3.07. The first kappa shape index (κ1) is 29.6. The maximum absolute atomic E-state index is 12.6. The van der Waals surface area contributed by atoms with Gasteiger partial charge < -0.3 is 10.4 Å². The molecular weight excluding hydrogens is 524 g/mol. The molecule has 4 fully saturated rings. The maximum atomic E-state index is 12.6. The van der Waals surface area contributed by atoms with E-state index < -0.39 is 15.9 Å². The highest BCUT2D eigenvalue weighted by atomic mass is 32.2. The average molecular weight is 573 g/mol. The molecule has 0 radical (unpaired) electrons. The van der Waals surface area contributed by atoms with Gasteiger partial charge in [-0.25, -0.2) is 13.1 Å². The number of amides is 2. The molecule has 0 heterocycles. The van der Waals surface area contributed by atoms with E-state index >= 15 is 0 Å². The first-order valence-corrected chi connectivity index (χ1v) is 17.0. The van der Waals surface area contributed by atoms with Crippen LogP contribution in [-0.4, -0.2) is 38.0 Å². The Hall–Kier alpha value is -1.93. The number of benzene rings is 1. The van der Waals surface area contributed by atoms with Gasteiger partial charge in [0, 0.05) is 6.42 Å². The number of fused-ring (bicyclic) bond motifs is 5. The summed E-state index contributed by atoms with van der Waals surface area (Å²) >= 11 is 0. The lowest BCUT2D eigenvalue weighted by Gasteiger charge is -2.61. The van der Waals surface area contributed by atoms with Gasteiger partial charge in [0.25, 0.3) is 15.9 Å². The minimum Gasteiger partial charge on any atom is -0.393 e. The average Bonchev–Trinajstić information content (AvgIpc) is 3.28. The van der Waals surface area contributed by atoms with Gasteiger partial charge in [0.2, 0.25) is 5.91 Å². The van der Waals surface area contributed by atoms with E-state index in [4.69, 9.17) is 0 Å². The zero-order valence-corrected chi connectivity index (χ0v) is 25.2. The number of nitrogens with one attached hydrogen (secondary N) is 2. The van der Waals surface area contributed by atoms with Crippen molar-refractivity contribution in [2.45, 2.75) is 102 Å². The van der Waals surface area contributed by atoms with Crippen molar-refractivity contribution < 1.29 is 23.1 Å². The topological polar surface area (TPSA) is 113 Å². The third kappa shape index (κ3) is 5.59. The molecule has 222 valence electrons. The van der Waals surface area contributed by atoms with Crippen LogP contribution in [0.5, 0.6) is 0 Å². The zero-order chi connectivity index (χ0) is 28.7. The SMILES string of the molecule is C[C@H](CCC(=O)NCC(=O)NS(=O)(=O)c1ccccc1)C1CCC2C3CCC4C[C@H](O)CC[C@]4(C)C3CC[C@@]21C. The van der Waals surface area contributed by atoms with Crippen molar-refractivity contribution in [3.63, 3.8) is 0 Å². The van der Waals surface area contributed by atoms with Crippen LogP contribution in [0.1, 0.15) is 91.4 Å². The van der Waals surface area contributed by atoms with Gasteiger partial charge in [0.15, 0.2) is 0 Å². The van der Waals surface area contributed by atoms with Crippen molar-refractivity contribution in [3.05, 3.63) is 30.3 Å². The van der Waals surface area contributed by atoms with E-state index in [1.807, 2.05) is 4.72 Å². The first-order valence-electron chi connectivity index (χ1n) is 15.5. The Labute approximate surface area is 240 Å². The highest BCUT2D eigenvalue weighted by Gasteiger charge is 2.60. The molecule has 1 aromatic carbocycles. The smallest absolute Gasteiger partial charge is 0.264 e. The fraction of sp³-hybridized carbons (Fsp3) is 0.750. The second-order valence-corrected chi connectivity index (χ2v) is 15.6. The maximum Gasteiger partial charge on any atom is 0.264 e. The van der Waals surface area contributed by atoms with Crippen LogP contribution in [0, 0.1) is 46.3 Å². The highest BCUT2D eigenvalue weighted by Crippen LogP contribution is 2.68. The molecule has 9 atom stereocenters. The Bertz CT molecular complexity index is 1190. The van der Waals surface area contributed by atoms with E-state index in [1.165, 1.54) is 57.1 Å². The monoisotopic (exact) mass is 572 g/mol. The molecule has 0 bridgehead atoms. The lowest BCUT2D eigenvalue weighted by atomic mass is 9.44. The van der Waals surface area contributed by atoms with Crippen LogP contribution in [0.2, 0.25) is 0 Å². The molecule has 5 rings (SSSR count). The normalized spacial score (nSPS) is 37.9. The van der Waals surface area contributed by atoms with E-state index in [9.17, 15) is 23.1 Å². The van der Waals surface area contributed by atoms with Crippen molar-refractivity contribution in [2.75, 3.05) is 6.54 Å². The molecule has 1 aromatic rings. The fourth-order valence-corrected chi connectivity index (χ4v) is 10.9. The number of aliphatic hydroxyl groups excluding tert-OH is 1. The van der Waals surface area contributed by atoms with Crippen LogP contribution >= 0.6 is 0 Å². The molecule has 8 heteroatoms. The van der Waals surface area contributed by atoms with E-state index in [1.54, 1.807) is 18.2 Å². The number of carbonyl (C=O) groups excluding carboxylic acids is 2. The molecule has 4 saturated carbocycles. The lowest BCUT2D eigenvalue weighted by molar-refractivity contribution is -0.130. The summed E-state index contributed by atoms with van der Waals surface area (Å²) in [5, 5.41) is 12.9. The number of rotatable bonds is 8. The zero-order valence-electron chi connectivity index (χ0n) is 24.4. The second kappa shape index (κ2) is 11.4. The van der Waals surface area contributed by atoms with E-state index in [2.05, 4.69) is 26.1 Å². The number of hydrogen-bond acceptors (Lipinski definition) is 5. The van der Waals surface area contributed by atoms with Gasteiger partial charge in [-0.3, -0.25) is 9.59 Å². The summed E-state index contributed by atoms with van der Waals surface area (Å²) in [4.78, 5) is 24.8. The van der Waals surface area contributed by atoms with Crippen molar-refractivity contribution >= 4 is 21.8 Å². The summed E-state index contributed by atoms with van der Waals surface area (Å²) in [6, 6.07) is 7.72. The van der Waals surface area contributed by atoms with Gasteiger partial charge in [-0.2, -0.15) is 0 Å². The Morgan fingerprint density at radius 2 is 1.65 bits per heavy atom. The molecule has 4 aliphatic rings. The summed E-state index contributed by atoms with van der Waals surface area (Å²) in [6.07, 6.45) is 11.8. The van der Waals surface area contributed by atoms with E-state index in [0.717, 1.165) is 37.0 Å². The molecule has 40 heavy (non-hydrogen) atoms. The minimum absolute atomic E-state index is 0.0144. The number of carbonyl (C=O) groups is 2. The van der Waals surface area contributed by atoms with Crippen LogP contribution in [0.15, 0.2) is 35.2 Å². The Kier molecular flexibility index (Phi) is 8.42. The summed E-state index contributed by atoms with van der Waals surface area (Å²) in [6.45, 7) is 6.99. The first-order chi connectivity index (χ1) is 18.9. The van der Waals surface area contributed by atoms with Crippen LogP contribution in [0.3, 0.4) is 0 Å². The summed E-state index contributed by atoms with van der Waals surface area (Å²) in [7, 11) is -3.95. The van der Waals surface area contributed by atoms with E-state index in [0.29, 0.717) is 35.0 Å². The van der Waals surface area contributed by atoms with Crippen LogP contribution in [0.25, 0.3) is 0 Å². The Morgan fingerprint density at radius 1 is 0.950 bits per heavy atom. The standard InChI is InChI=1S/C32H48N2O5S/c1-21(9-14-29(36)33-20-30(37)34-40(38,39)24-7-5-4-6-8-24)26-12-13-27-25-11-10-22-19-23(35)15-17-31(22,2)28(25)16-18-32(26,27)3/h4-8,21-23,25-28,35H,9-20H2,1-3H3,(H,33,36)(H,34,37)/t21-,22?,23-,25?,26?,27?,28?,31+,32-/m1/s1. The molecule has 0 aliphatic heterocycles. The molecule has 0 spiro atoms. The van der Waals surface area contributed by atoms with Crippen molar-refractivity contribution in [1.29, 1.82) is 0 Å². The molecule has 3 N–H and O–H groups in total. The van der Waals surface area contributed by atoms with Gasteiger partial charge in [-0.05, 0) is 123 Å². The van der Waals surface area contributed by atoms with Crippen molar-refractivity contribution in [2.24, 2.45) is 46.3 Å². The third-order valence-corrected chi connectivity index (χ3v) is 13.4.